The van der Waals surface area contributed by atoms with Crippen LogP contribution in [-0.2, 0) is 40.2 Å². The summed E-state index contributed by atoms with van der Waals surface area (Å²) in [6, 6.07) is 43.2. The Hall–Kier alpha value is -5.18. The Kier molecular flexibility index (Phi) is 18.8. The minimum atomic E-state index is -0.375. The predicted molar refractivity (Wildman–Crippen MR) is 259 cm³/mol. The summed E-state index contributed by atoms with van der Waals surface area (Å²) in [7, 11) is 0. The maximum Gasteiger partial charge on any atom is 0.169 e. The maximum absolute atomic E-state index is 8.56. The van der Waals surface area contributed by atoms with Gasteiger partial charge in [0.1, 0.15) is 0 Å². The average molecular weight is 1220 g/mol. The van der Waals surface area contributed by atoms with E-state index >= 15 is 0 Å². The molecule has 2 radical (unpaired) electrons. The Morgan fingerprint density at radius 1 is 0.446 bits per heavy atom. The Morgan fingerprint density at radius 3 is 1.18 bits per heavy atom. The molecule has 0 bridgehead atoms. The minimum absolute atomic E-state index is 0. The summed E-state index contributed by atoms with van der Waals surface area (Å²) in [5, 5.41) is 35.7. The molecule has 0 aliphatic rings. The number of aromatic nitrogens is 6. The van der Waals surface area contributed by atoms with Gasteiger partial charge in [0.05, 0.1) is 23.7 Å². The van der Waals surface area contributed by atoms with Crippen molar-refractivity contribution in [3.63, 3.8) is 0 Å². The van der Waals surface area contributed by atoms with E-state index in [9.17, 15) is 0 Å². The van der Waals surface area contributed by atoms with Crippen LogP contribution in [0.4, 0.5) is 0 Å². The third kappa shape index (κ3) is 12.2. The van der Waals surface area contributed by atoms with Crippen molar-refractivity contribution in [2.45, 2.75) is 102 Å². The number of nitrogens with zero attached hydrogens (tertiary/aromatic N) is 6. The second-order valence-corrected chi connectivity index (χ2v) is 17.0. The molecule has 2 heterocycles. The molecule has 0 saturated heterocycles. The molecule has 0 spiro atoms. The van der Waals surface area contributed by atoms with E-state index in [1.54, 1.807) is 13.8 Å². The SMILES string of the molecule is CC(O)CC(C)O.Cc1cc(C)c(-c2nnc(-c3[c-]cccc3)n2-c2c(C)cccc2C)c(C)c1.Cc1cc(C)c(-c2nnc(-c3ccccc3)n2-c2c(C)cccc2C)c(C)c1.[Ir].[Ir]. The maximum atomic E-state index is 8.56. The van der Waals surface area contributed by atoms with E-state index in [2.05, 4.69) is 178 Å². The van der Waals surface area contributed by atoms with E-state index in [4.69, 9.17) is 10.2 Å². The fourth-order valence-electron chi connectivity index (χ4n) is 8.67. The molecule has 10 heteroatoms. The summed E-state index contributed by atoms with van der Waals surface area (Å²) in [6.45, 7) is 24.8. The van der Waals surface area contributed by atoms with Crippen molar-refractivity contribution in [3.05, 3.63) is 177 Å². The van der Waals surface area contributed by atoms with Gasteiger partial charge in [0, 0.05) is 62.6 Å². The summed E-state index contributed by atoms with van der Waals surface area (Å²) in [5.41, 5.74) is 18.8. The van der Waals surface area contributed by atoms with Gasteiger partial charge in [0.25, 0.3) is 0 Å². The summed E-state index contributed by atoms with van der Waals surface area (Å²) < 4.78 is 4.42. The van der Waals surface area contributed by atoms with Crippen molar-refractivity contribution in [2.75, 3.05) is 0 Å². The second-order valence-electron chi connectivity index (χ2n) is 17.0. The van der Waals surface area contributed by atoms with Gasteiger partial charge in [-0.25, -0.2) is 0 Å². The van der Waals surface area contributed by atoms with Crippen LogP contribution in [0.5, 0.6) is 0 Å². The third-order valence-electron chi connectivity index (χ3n) is 11.1. The number of rotatable bonds is 8. The Bertz CT molecular complexity index is 2550. The van der Waals surface area contributed by atoms with E-state index in [1.807, 2.05) is 42.5 Å². The largest absolute Gasteiger partial charge is 0.393 e. The fourth-order valence-corrected chi connectivity index (χ4v) is 8.67. The molecule has 8 aromatic rings. The van der Waals surface area contributed by atoms with Crippen LogP contribution in [0.1, 0.15) is 75.9 Å². The van der Waals surface area contributed by atoms with Gasteiger partial charge in [-0.3, -0.25) is 4.57 Å². The molecule has 0 saturated carbocycles. The number of aliphatic hydroxyl groups is 2. The van der Waals surface area contributed by atoms with Crippen LogP contribution in [0.25, 0.3) is 56.9 Å². The molecule has 2 atom stereocenters. The van der Waals surface area contributed by atoms with Crippen LogP contribution >= 0.6 is 0 Å². The Morgan fingerprint density at radius 2 is 0.815 bits per heavy atom. The molecular weight excluding hydrogens is 1160 g/mol. The van der Waals surface area contributed by atoms with E-state index < -0.39 is 0 Å². The quantitative estimate of drug-likeness (QED) is 0.147. The van der Waals surface area contributed by atoms with Gasteiger partial charge in [-0.2, -0.15) is 5.10 Å². The van der Waals surface area contributed by atoms with E-state index in [-0.39, 0.29) is 52.4 Å². The summed E-state index contributed by atoms with van der Waals surface area (Å²) in [5.74, 6) is 3.45. The zero-order valence-corrected chi connectivity index (χ0v) is 44.4. The fraction of sp³-hybridized carbons (Fsp3) is 0.273. The molecule has 65 heavy (non-hydrogen) atoms. The van der Waals surface area contributed by atoms with Crippen molar-refractivity contribution in [1.29, 1.82) is 0 Å². The Labute approximate surface area is 413 Å². The summed E-state index contributed by atoms with van der Waals surface area (Å²) in [4.78, 5) is 0. The van der Waals surface area contributed by atoms with E-state index in [1.165, 1.54) is 55.6 Å². The monoisotopic (exact) mass is 1220 g/mol. The van der Waals surface area contributed by atoms with E-state index in [0.29, 0.717) is 6.42 Å². The summed E-state index contributed by atoms with van der Waals surface area (Å²) >= 11 is 0. The first kappa shape index (κ1) is 52.4. The second kappa shape index (κ2) is 23.3. The van der Waals surface area contributed by atoms with E-state index in [0.717, 1.165) is 56.9 Å². The number of hydrogen-bond acceptors (Lipinski definition) is 6. The van der Waals surface area contributed by atoms with Crippen LogP contribution in [-0.4, -0.2) is 51.9 Å². The summed E-state index contributed by atoms with van der Waals surface area (Å²) in [6.07, 6.45) is -0.278. The molecule has 2 unspecified atom stereocenters. The molecule has 342 valence electrons. The van der Waals surface area contributed by atoms with Gasteiger partial charge >= 0.3 is 0 Å². The first-order chi connectivity index (χ1) is 30.1. The van der Waals surface area contributed by atoms with Crippen LogP contribution in [0.2, 0.25) is 0 Å². The number of benzene rings is 6. The molecule has 8 rings (SSSR count). The normalized spacial score (nSPS) is 11.5. The first-order valence-corrected chi connectivity index (χ1v) is 21.7. The molecule has 0 aliphatic heterocycles. The molecular formula is C55H61Ir2N6O2-. The number of aryl methyl sites for hydroxylation is 10. The Balaban J connectivity index is 0.000000242. The van der Waals surface area contributed by atoms with Crippen molar-refractivity contribution in [2.24, 2.45) is 0 Å². The van der Waals surface area contributed by atoms with Crippen LogP contribution in [0, 0.1) is 75.3 Å². The minimum Gasteiger partial charge on any atom is -0.393 e. The smallest absolute Gasteiger partial charge is 0.169 e. The number of para-hydroxylation sites is 2. The van der Waals surface area contributed by atoms with Gasteiger partial charge in [-0.1, -0.05) is 102 Å². The predicted octanol–water partition coefficient (Wildman–Crippen LogP) is 12.2. The van der Waals surface area contributed by atoms with Gasteiger partial charge in [-0.05, 0) is 134 Å². The molecule has 0 aliphatic carbocycles. The zero-order valence-electron chi connectivity index (χ0n) is 39.6. The van der Waals surface area contributed by atoms with Crippen LogP contribution < -0.4 is 0 Å². The van der Waals surface area contributed by atoms with Crippen molar-refractivity contribution in [3.8, 4) is 56.9 Å². The molecule has 0 fully saturated rings. The molecule has 0 amide bonds. The molecule has 2 aromatic heterocycles. The number of hydrogen-bond donors (Lipinski definition) is 2. The first-order valence-electron chi connectivity index (χ1n) is 21.7. The van der Waals surface area contributed by atoms with Gasteiger partial charge < -0.3 is 14.8 Å². The van der Waals surface area contributed by atoms with Crippen molar-refractivity contribution in [1.82, 2.24) is 29.5 Å². The van der Waals surface area contributed by atoms with Gasteiger partial charge in [-0.15, -0.1) is 51.2 Å². The number of aliphatic hydroxyl groups excluding tert-OH is 2. The average Bonchev–Trinajstić information content (AvgIpc) is 3.83. The molecule has 2 N–H and O–H groups in total. The van der Waals surface area contributed by atoms with Crippen LogP contribution in [0.3, 0.4) is 0 Å². The molecule has 8 nitrogen and oxygen atoms in total. The standard InChI is InChI=1S/C25H25N3.C25H24N3.C5H12O2.2Ir/c2*1-16-14-19(4)22(20(5)15-16)25-27-26-24(21-12-7-6-8-13-21)28(25)23-17(2)10-9-11-18(23)3;1-4(6)3-5(2)7;;/h6-15H,1-5H3;6-12,14-15H,1-5H3;4-7H,3H2,1-2H3;;/q;-1;;;. The van der Waals surface area contributed by atoms with Crippen molar-refractivity contribution < 1.29 is 50.4 Å². The van der Waals surface area contributed by atoms with Crippen LogP contribution in [0.15, 0.2) is 115 Å². The molecule has 6 aromatic carbocycles. The van der Waals surface area contributed by atoms with Gasteiger partial charge in [0.15, 0.2) is 17.5 Å². The zero-order chi connectivity index (χ0) is 45.5. The van der Waals surface area contributed by atoms with Gasteiger partial charge in [0.2, 0.25) is 0 Å². The third-order valence-corrected chi connectivity index (χ3v) is 11.1. The van der Waals surface area contributed by atoms with Crippen molar-refractivity contribution >= 4 is 0 Å². The topological polar surface area (TPSA) is 102 Å².